The van der Waals surface area contributed by atoms with Crippen molar-refractivity contribution in [3.63, 3.8) is 0 Å². The molecule has 2 aliphatic rings. The minimum Gasteiger partial charge on any atom is -0.378 e. The molecule has 4 rings (SSSR count). The van der Waals surface area contributed by atoms with E-state index in [0.29, 0.717) is 12.0 Å². The fraction of sp³-hybridized carbons (Fsp3) is 0.400. The second-order valence-electron chi connectivity index (χ2n) is 6.41. The van der Waals surface area contributed by atoms with Crippen LogP contribution in [-0.2, 0) is 11.2 Å². The van der Waals surface area contributed by atoms with Gasteiger partial charge in [-0.05, 0) is 36.5 Å². The molecule has 0 amide bonds. The fourth-order valence-electron chi connectivity index (χ4n) is 3.93. The van der Waals surface area contributed by atoms with Crippen LogP contribution in [0.3, 0.4) is 0 Å². The van der Waals surface area contributed by atoms with Crippen LogP contribution in [0.1, 0.15) is 48.6 Å². The Morgan fingerprint density at radius 2 is 2.00 bits per heavy atom. The van der Waals surface area contributed by atoms with Crippen molar-refractivity contribution in [1.82, 2.24) is 0 Å². The molecule has 1 saturated heterocycles. The van der Waals surface area contributed by atoms with E-state index in [1.807, 2.05) is 0 Å². The largest absolute Gasteiger partial charge is 0.378 e. The minimum absolute atomic E-state index is 0.238. The lowest BCUT2D eigenvalue weighted by Crippen LogP contribution is -2.36. The van der Waals surface area contributed by atoms with Crippen molar-refractivity contribution in [1.29, 1.82) is 0 Å². The summed E-state index contributed by atoms with van der Waals surface area (Å²) in [7, 11) is 0. The van der Waals surface area contributed by atoms with Crippen molar-refractivity contribution in [2.24, 2.45) is 5.92 Å². The lowest BCUT2D eigenvalue weighted by molar-refractivity contribution is -0.0381. The van der Waals surface area contributed by atoms with Crippen LogP contribution in [0.2, 0.25) is 0 Å². The molecule has 2 aliphatic heterocycles. The number of aryl methyl sites for hydroxylation is 1. The van der Waals surface area contributed by atoms with E-state index in [1.54, 1.807) is 0 Å². The first-order valence-corrected chi connectivity index (χ1v) is 8.42. The molecule has 2 nitrogen and oxygen atoms in total. The standard InChI is InChI=1S/C20H23NO/c1-2-14-10-11-18-17(13-14)20-16(9-6-12-22-20)19(21-18)15-7-4-3-5-8-15/h3-5,7-8,10-11,13,16,19-21H,2,6,9,12H2,1H3/t16-,19-,20-/m1/s1. The van der Waals surface area contributed by atoms with Gasteiger partial charge in [0.05, 0.1) is 12.1 Å². The Kier molecular flexibility index (Phi) is 3.63. The van der Waals surface area contributed by atoms with Crippen molar-refractivity contribution in [2.45, 2.75) is 38.3 Å². The van der Waals surface area contributed by atoms with Gasteiger partial charge in [0.15, 0.2) is 0 Å². The second-order valence-corrected chi connectivity index (χ2v) is 6.41. The Hall–Kier alpha value is -1.80. The summed E-state index contributed by atoms with van der Waals surface area (Å²) in [6, 6.07) is 18.0. The second kappa shape index (κ2) is 5.77. The Morgan fingerprint density at radius 3 is 2.82 bits per heavy atom. The Morgan fingerprint density at radius 1 is 1.14 bits per heavy atom. The van der Waals surface area contributed by atoms with Gasteiger partial charge in [0.2, 0.25) is 0 Å². The molecule has 2 aromatic carbocycles. The van der Waals surface area contributed by atoms with Gasteiger partial charge in [0.1, 0.15) is 0 Å². The molecule has 0 spiro atoms. The molecule has 1 fully saturated rings. The third kappa shape index (κ3) is 2.32. The molecule has 0 aliphatic carbocycles. The molecule has 22 heavy (non-hydrogen) atoms. The summed E-state index contributed by atoms with van der Waals surface area (Å²) in [6.07, 6.45) is 3.70. The van der Waals surface area contributed by atoms with Gasteiger partial charge < -0.3 is 10.1 Å². The van der Waals surface area contributed by atoms with Crippen LogP contribution >= 0.6 is 0 Å². The topological polar surface area (TPSA) is 21.3 Å². The summed E-state index contributed by atoms with van der Waals surface area (Å²) in [5.41, 5.74) is 5.37. The average molecular weight is 293 g/mol. The first-order chi connectivity index (χ1) is 10.9. The van der Waals surface area contributed by atoms with E-state index in [1.165, 1.54) is 28.8 Å². The van der Waals surface area contributed by atoms with E-state index in [4.69, 9.17) is 4.74 Å². The van der Waals surface area contributed by atoms with Crippen LogP contribution in [0, 0.1) is 5.92 Å². The van der Waals surface area contributed by atoms with Crippen LogP contribution in [0.4, 0.5) is 5.69 Å². The van der Waals surface area contributed by atoms with Crippen molar-refractivity contribution in [3.8, 4) is 0 Å². The van der Waals surface area contributed by atoms with Crippen molar-refractivity contribution >= 4 is 5.69 Å². The molecule has 0 saturated carbocycles. The highest BCUT2D eigenvalue weighted by Crippen LogP contribution is 2.49. The maximum atomic E-state index is 6.22. The average Bonchev–Trinajstić information content (AvgIpc) is 2.61. The monoisotopic (exact) mass is 293 g/mol. The molecule has 1 N–H and O–H groups in total. The fourth-order valence-corrected chi connectivity index (χ4v) is 3.93. The number of nitrogens with one attached hydrogen (secondary N) is 1. The summed E-state index contributed by atoms with van der Waals surface area (Å²) in [6.45, 7) is 3.10. The lowest BCUT2D eigenvalue weighted by Gasteiger charge is -2.43. The third-order valence-electron chi connectivity index (χ3n) is 5.10. The predicted octanol–water partition coefficient (Wildman–Crippen LogP) is 4.88. The van der Waals surface area contributed by atoms with Gasteiger partial charge in [-0.15, -0.1) is 0 Å². The number of fused-ring (bicyclic) bond motifs is 3. The normalized spacial score (nSPS) is 26.7. The first kappa shape index (κ1) is 13.8. The van der Waals surface area contributed by atoms with Crippen molar-refractivity contribution in [3.05, 3.63) is 65.2 Å². The van der Waals surface area contributed by atoms with E-state index in [2.05, 4.69) is 60.8 Å². The summed E-state index contributed by atoms with van der Waals surface area (Å²) >= 11 is 0. The predicted molar refractivity (Wildman–Crippen MR) is 90.0 cm³/mol. The Bertz CT molecular complexity index is 652. The van der Waals surface area contributed by atoms with E-state index in [0.717, 1.165) is 19.4 Å². The molecule has 0 aromatic heterocycles. The molecule has 0 unspecified atom stereocenters. The quantitative estimate of drug-likeness (QED) is 0.851. The number of hydrogen-bond donors (Lipinski definition) is 1. The number of anilines is 1. The summed E-state index contributed by atoms with van der Waals surface area (Å²) in [5.74, 6) is 0.524. The van der Waals surface area contributed by atoms with Crippen molar-refractivity contribution in [2.75, 3.05) is 11.9 Å². The summed E-state index contributed by atoms with van der Waals surface area (Å²) in [4.78, 5) is 0. The van der Waals surface area contributed by atoms with Gasteiger partial charge in [-0.3, -0.25) is 0 Å². The van der Waals surface area contributed by atoms with Gasteiger partial charge in [-0.2, -0.15) is 0 Å². The van der Waals surface area contributed by atoms with Crippen LogP contribution in [0.15, 0.2) is 48.5 Å². The zero-order chi connectivity index (χ0) is 14.9. The zero-order valence-corrected chi connectivity index (χ0v) is 13.1. The number of ether oxygens (including phenoxy) is 1. The van der Waals surface area contributed by atoms with Crippen LogP contribution in [0.5, 0.6) is 0 Å². The number of hydrogen-bond acceptors (Lipinski definition) is 2. The molecule has 0 radical (unpaired) electrons. The molecule has 2 heteroatoms. The van der Waals surface area contributed by atoms with Crippen molar-refractivity contribution < 1.29 is 4.74 Å². The minimum atomic E-state index is 0.238. The van der Waals surface area contributed by atoms with Crippen LogP contribution in [-0.4, -0.2) is 6.61 Å². The third-order valence-corrected chi connectivity index (χ3v) is 5.10. The summed E-state index contributed by atoms with van der Waals surface area (Å²) < 4.78 is 6.22. The highest BCUT2D eigenvalue weighted by Gasteiger charge is 2.39. The molecule has 2 aromatic rings. The molecule has 3 atom stereocenters. The Labute approximate surface area is 132 Å². The molecule has 2 heterocycles. The van der Waals surface area contributed by atoms with Crippen LogP contribution in [0.25, 0.3) is 0 Å². The Balaban J connectivity index is 1.77. The molecular weight excluding hydrogens is 270 g/mol. The van der Waals surface area contributed by atoms with Gasteiger partial charge in [-0.25, -0.2) is 0 Å². The van der Waals surface area contributed by atoms with Gasteiger partial charge in [-0.1, -0.05) is 49.4 Å². The first-order valence-electron chi connectivity index (χ1n) is 8.42. The highest BCUT2D eigenvalue weighted by atomic mass is 16.5. The molecule has 114 valence electrons. The van der Waals surface area contributed by atoms with Gasteiger partial charge in [0, 0.05) is 23.8 Å². The lowest BCUT2D eigenvalue weighted by atomic mass is 9.77. The van der Waals surface area contributed by atoms with Crippen LogP contribution < -0.4 is 5.32 Å². The highest BCUT2D eigenvalue weighted by molar-refractivity contribution is 5.58. The molecular formula is C20H23NO. The van der Waals surface area contributed by atoms with E-state index < -0.39 is 0 Å². The smallest absolute Gasteiger partial charge is 0.0895 e. The number of benzene rings is 2. The van der Waals surface area contributed by atoms with E-state index >= 15 is 0 Å². The maximum Gasteiger partial charge on any atom is 0.0895 e. The maximum absolute atomic E-state index is 6.22. The SMILES string of the molecule is CCc1ccc2c(c1)[C@@H]1OCCC[C@@H]1[C@@H](c1ccccc1)N2. The zero-order valence-electron chi connectivity index (χ0n) is 13.1. The number of rotatable bonds is 2. The van der Waals surface area contributed by atoms with E-state index in [-0.39, 0.29) is 6.10 Å². The van der Waals surface area contributed by atoms with Gasteiger partial charge in [0.25, 0.3) is 0 Å². The van der Waals surface area contributed by atoms with Gasteiger partial charge >= 0.3 is 0 Å². The summed E-state index contributed by atoms with van der Waals surface area (Å²) in [5, 5.41) is 3.78. The van der Waals surface area contributed by atoms with E-state index in [9.17, 15) is 0 Å². The molecule has 0 bridgehead atoms.